The smallest absolute Gasteiger partial charge is 0.217 e. The minimum absolute atomic E-state index is 0.139. The maximum absolute atomic E-state index is 11.7. The Kier molecular flexibility index (Phi) is 4.15. The molecule has 3 nitrogen and oxygen atoms in total. The van der Waals surface area contributed by atoms with Gasteiger partial charge in [0.1, 0.15) is 0 Å². The standard InChI is InChI=1S/C25H42N2O/c1-16(27-17(2)28)20-9-10-23(4)21-7-6-18-14-19(26-5)8-11-24(18)15-25(21,24)13-12-22(20,23)3/h16,18-21,26H,6-15H2,1-5H3,(H,27,28)/t16-,18-,19+,20-,21+,22-,23+,24-,25+/m1/s1. The Morgan fingerprint density at radius 1 is 0.964 bits per heavy atom. The maximum Gasteiger partial charge on any atom is 0.217 e. The summed E-state index contributed by atoms with van der Waals surface area (Å²) in [4.78, 5) is 11.7. The normalized spacial score (nSPS) is 55.3. The lowest BCUT2D eigenvalue weighted by atomic mass is 9.43. The summed E-state index contributed by atoms with van der Waals surface area (Å²) in [6.07, 6.45) is 14.3. The third-order valence-electron chi connectivity index (χ3n) is 11.7. The fourth-order valence-electron chi connectivity index (χ4n) is 10.2. The van der Waals surface area contributed by atoms with Crippen molar-refractivity contribution in [3.63, 3.8) is 0 Å². The molecular formula is C25H42N2O. The van der Waals surface area contributed by atoms with E-state index in [-0.39, 0.29) is 5.91 Å². The van der Waals surface area contributed by atoms with E-state index in [0.29, 0.717) is 33.6 Å². The molecule has 0 radical (unpaired) electrons. The van der Waals surface area contributed by atoms with Crippen LogP contribution in [0.4, 0.5) is 0 Å². The molecule has 28 heavy (non-hydrogen) atoms. The minimum atomic E-state index is 0.139. The monoisotopic (exact) mass is 386 g/mol. The van der Waals surface area contributed by atoms with Crippen LogP contribution in [-0.2, 0) is 4.79 Å². The second-order valence-electron chi connectivity index (χ2n) is 12.0. The Bertz CT molecular complexity index is 677. The van der Waals surface area contributed by atoms with E-state index in [1.165, 1.54) is 57.8 Å². The van der Waals surface area contributed by atoms with Crippen LogP contribution in [0.25, 0.3) is 0 Å². The molecule has 0 bridgehead atoms. The van der Waals surface area contributed by atoms with Crippen molar-refractivity contribution in [3.05, 3.63) is 0 Å². The van der Waals surface area contributed by atoms with E-state index in [2.05, 4.69) is 38.5 Å². The summed E-state index contributed by atoms with van der Waals surface area (Å²) in [6.45, 7) is 9.22. The predicted molar refractivity (Wildman–Crippen MR) is 114 cm³/mol. The van der Waals surface area contributed by atoms with Gasteiger partial charge in [-0.3, -0.25) is 4.79 Å². The van der Waals surface area contributed by atoms with Crippen molar-refractivity contribution < 1.29 is 4.79 Å². The highest BCUT2D eigenvalue weighted by atomic mass is 16.1. The number of hydrogen-bond acceptors (Lipinski definition) is 2. The molecule has 5 aliphatic carbocycles. The number of carbonyl (C=O) groups excluding carboxylic acids is 1. The molecule has 0 unspecified atom stereocenters. The van der Waals surface area contributed by atoms with Crippen molar-refractivity contribution in [3.8, 4) is 0 Å². The highest BCUT2D eigenvalue weighted by molar-refractivity contribution is 5.73. The molecule has 5 saturated carbocycles. The van der Waals surface area contributed by atoms with E-state index >= 15 is 0 Å². The molecule has 0 saturated heterocycles. The summed E-state index contributed by atoms with van der Waals surface area (Å²) in [7, 11) is 2.17. The quantitative estimate of drug-likeness (QED) is 0.724. The molecule has 0 aromatic rings. The largest absolute Gasteiger partial charge is 0.354 e. The molecule has 2 spiro atoms. The molecule has 0 aromatic heterocycles. The van der Waals surface area contributed by atoms with Gasteiger partial charge in [-0.25, -0.2) is 0 Å². The van der Waals surface area contributed by atoms with Crippen molar-refractivity contribution in [1.82, 2.24) is 10.6 Å². The van der Waals surface area contributed by atoms with E-state index in [1.807, 2.05) is 0 Å². The minimum Gasteiger partial charge on any atom is -0.354 e. The molecule has 5 fully saturated rings. The third kappa shape index (κ3) is 2.18. The van der Waals surface area contributed by atoms with Crippen molar-refractivity contribution in [2.75, 3.05) is 7.05 Å². The van der Waals surface area contributed by atoms with Gasteiger partial charge < -0.3 is 10.6 Å². The van der Waals surface area contributed by atoms with Crippen molar-refractivity contribution in [2.24, 2.45) is 39.4 Å². The van der Waals surface area contributed by atoms with E-state index in [0.717, 1.165) is 17.9 Å². The SMILES string of the molecule is CN[C@H]1CC[C@]23C[C@]24CC[C@]2(C)[C@@H]([C@@H](C)NC(C)=O)CC[C@@]2(C)[C@@H]4CC[C@@H]3C1. The highest BCUT2D eigenvalue weighted by Gasteiger charge is 2.80. The van der Waals surface area contributed by atoms with Gasteiger partial charge >= 0.3 is 0 Å². The highest BCUT2D eigenvalue weighted by Crippen LogP contribution is 2.87. The molecule has 0 aromatic carbocycles. The Labute approximate surface area is 172 Å². The van der Waals surface area contributed by atoms with Crippen molar-refractivity contribution in [2.45, 2.75) is 104 Å². The summed E-state index contributed by atoms with van der Waals surface area (Å²) < 4.78 is 0. The molecule has 3 heteroatoms. The van der Waals surface area contributed by atoms with Crippen LogP contribution in [0.5, 0.6) is 0 Å². The van der Waals surface area contributed by atoms with E-state index < -0.39 is 0 Å². The first kappa shape index (κ1) is 19.4. The predicted octanol–water partition coefficient (Wildman–Crippen LogP) is 4.90. The molecule has 5 rings (SSSR count). The first-order valence-electron chi connectivity index (χ1n) is 12.2. The maximum atomic E-state index is 11.7. The topological polar surface area (TPSA) is 41.1 Å². The molecule has 158 valence electrons. The molecule has 1 amide bonds. The van der Waals surface area contributed by atoms with Gasteiger partial charge in [0.2, 0.25) is 5.91 Å². The second kappa shape index (κ2) is 5.99. The number of amides is 1. The number of rotatable bonds is 3. The Morgan fingerprint density at radius 3 is 2.46 bits per heavy atom. The van der Waals surface area contributed by atoms with Gasteiger partial charge in [-0.2, -0.15) is 0 Å². The Morgan fingerprint density at radius 2 is 1.75 bits per heavy atom. The first-order chi connectivity index (χ1) is 13.2. The average molecular weight is 387 g/mol. The van der Waals surface area contributed by atoms with Gasteiger partial charge in [-0.15, -0.1) is 0 Å². The zero-order valence-corrected chi connectivity index (χ0v) is 18.9. The molecule has 0 heterocycles. The van der Waals surface area contributed by atoms with Gasteiger partial charge in [0, 0.05) is 19.0 Å². The van der Waals surface area contributed by atoms with Gasteiger partial charge in [-0.1, -0.05) is 13.8 Å². The Balaban J connectivity index is 1.43. The van der Waals surface area contributed by atoms with Crippen LogP contribution in [0.2, 0.25) is 0 Å². The van der Waals surface area contributed by atoms with Crippen LogP contribution in [0.3, 0.4) is 0 Å². The van der Waals surface area contributed by atoms with Gasteiger partial charge in [0.15, 0.2) is 0 Å². The van der Waals surface area contributed by atoms with Crippen LogP contribution in [0.15, 0.2) is 0 Å². The summed E-state index contributed by atoms with van der Waals surface area (Å²) in [5.74, 6) is 2.69. The molecule has 9 atom stereocenters. The molecule has 2 N–H and O–H groups in total. The number of carbonyl (C=O) groups is 1. The molecular weight excluding hydrogens is 344 g/mol. The van der Waals surface area contributed by atoms with Crippen LogP contribution < -0.4 is 10.6 Å². The second-order valence-corrected chi connectivity index (χ2v) is 12.0. The van der Waals surface area contributed by atoms with Crippen LogP contribution in [-0.4, -0.2) is 25.0 Å². The molecule has 5 aliphatic rings. The Hall–Kier alpha value is -0.570. The van der Waals surface area contributed by atoms with Crippen molar-refractivity contribution >= 4 is 5.91 Å². The van der Waals surface area contributed by atoms with Crippen LogP contribution in [0, 0.1) is 39.4 Å². The lowest BCUT2D eigenvalue weighted by Gasteiger charge is -2.61. The summed E-state index contributed by atoms with van der Waals surface area (Å²) in [5, 5.41) is 6.85. The van der Waals surface area contributed by atoms with E-state index in [1.54, 1.807) is 13.3 Å². The third-order valence-corrected chi connectivity index (χ3v) is 11.7. The summed E-state index contributed by atoms with van der Waals surface area (Å²) >= 11 is 0. The van der Waals surface area contributed by atoms with Gasteiger partial charge in [-0.05, 0) is 118 Å². The van der Waals surface area contributed by atoms with Crippen LogP contribution >= 0.6 is 0 Å². The lowest BCUT2D eigenvalue weighted by molar-refractivity contribution is -0.130. The molecule has 0 aliphatic heterocycles. The zero-order chi connectivity index (χ0) is 19.9. The average Bonchev–Trinajstić information content (AvgIpc) is 3.22. The lowest BCUT2D eigenvalue weighted by Crippen LogP contribution is -2.56. The zero-order valence-electron chi connectivity index (χ0n) is 18.9. The number of hydrogen-bond donors (Lipinski definition) is 2. The first-order valence-corrected chi connectivity index (χ1v) is 12.2. The summed E-state index contributed by atoms with van der Waals surface area (Å²) in [5.41, 5.74) is 2.24. The summed E-state index contributed by atoms with van der Waals surface area (Å²) in [6, 6.07) is 1.08. The number of fused-ring (bicyclic) bond motifs is 2. The van der Waals surface area contributed by atoms with Crippen molar-refractivity contribution in [1.29, 1.82) is 0 Å². The van der Waals surface area contributed by atoms with Gasteiger partial charge in [0.25, 0.3) is 0 Å². The van der Waals surface area contributed by atoms with E-state index in [4.69, 9.17) is 0 Å². The number of nitrogens with one attached hydrogen (secondary N) is 2. The fourth-order valence-corrected chi connectivity index (χ4v) is 10.2. The fraction of sp³-hybridized carbons (Fsp3) is 0.960. The van der Waals surface area contributed by atoms with E-state index in [9.17, 15) is 4.79 Å². The van der Waals surface area contributed by atoms with Crippen LogP contribution in [0.1, 0.15) is 91.9 Å². The van der Waals surface area contributed by atoms with Gasteiger partial charge in [0.05, 0.1) is 0 Å².